The van der Waals surface area contributed by atoms with Gasteiger partial charge in [-0.3, -0.25) is 19.2 Å². The van der Waals surface area contributed by atoms with Gasteiger partial charge in [-0.05, 0) is 80.8 Å². The zero-order valence-corrected chi connectivity index (χ0v) is 21.6. The molecule has 8 nitrogen and oxygen atoms in total. The zero-order chi connectivity index (χ0) is 24.9. The van der Waals surface area contributed by atoms with E-state index in [1.54, 1.807) is 0 Å². The lowest BCUT2D eigenvalue weighted by atomic mass is 9.92. The summed E-state index contributed by atoms with van der Waals surface area (Å²) in [5, 5.41) is 16.1. The quantitative estimate of drug-likeness (QED) is 0.499. The van der Waals surface area contributed by atoms with Crippen LogP contribution in [0.15, 0.2) is 29.2 Å². The summed E-state index contributed by atoms with van der Waals surface area (Å²) in [5.74, 6) is 1.32. The highest BCUT2D eigenvalue weighted by molar-refractivity contribution is 6.04. The maximum absolute atomic E-state index is 14.1. The van der Waals surface area contributed by atoms with Crippen LogP contribution in [0.1, 0.15) is 63.0 Å². The van der Waals surface area contributed by atoms with E-state index in [0.29, 0.717) is 17.9 Å². The minimum absolute atomic E-state index is 0.0400. The van der Waals surface area contributed by atoms with Gasteiger partial charge in [-0.1, -0.05) is 12.1 Å². The normalized spacial score (nSPS) is 27.1. The third-order valence-corrected chi connectivity index (χ3v) is 9.17. The molecule has 4 fully saturated rings. The Morgan fingerprint density at radius 1 is 0.946 bits per heavy atom. The molecule has 2 N–H and O–H groups in total. The SMILES string of the molecule is O=c1c2cc(CN3CCN4CCCC4C3)ccc2c2cnc(NCC3CC3)nc2n1C1CCC(O)CC1. The van der Waals surface area contributed by atoms with Gasteiger partial charge in [-0.15, -0.1) is 0 Å². The number of rotatable bonds is 6. The molecule has 2 saturated carbocycles. The van der Waals surface area contributed by atoms with E-state index in [0.717, 1.165) is 80.2 Å². The Bertz CT molecular complexity index is 1360. The van der Waals surface area contributed by atoms with Gasteiger partial charge in [0.1, 0.15) is 5.65 Å². The minimum atomic E-state index is -0.268. The number of aliphatic hydroxyl groups is 1. The largest absolute Gasteiger partial charge is 0.393 e. The van der Waals surface area contributed by atoms with E-state index < -0.39 is 0 Å². The van der Waals surface area contributed by atoms with Crippen LogP contribution in [-0.4, -0.2) is 74.3 Å². The Balaban J connectivity index is 1.27. The smallest absolute Gasteiger partial charge is 0.260 e. The molecule has 196 valence electrons. The predicted octanol–water partition coefficient (Wildman–Crippen LogP) is 3.52. The predicted molar refractivity (Wildman–Crippen MR) is 146 cm³/mol. The van der Waals surface area contributed by atoms with Crippen LogP contribution in [0.25, 0.3) is 21.8 Å². The molecule has 4 aliphatic rings. The summed E-state index contributed by atoms with van der Waals surface area (Å²) in [6.45, 7) is 6.38. The van der Waals surface area contributed by atoms with Gasteiger partial charge >= 0.3 is 0 Å². The van der Waals surface area contributed by atoms with E-state index >= 15 is 0 Å². The van der Waals surface area contributed by atoms with Crippen LogP contribution in [0.4, 0.5) is 5.95 Å². The Morgan fingerprint density at radius 3 is 2.65 bits per heavy atom. The number of aromatic nitrogens is 3. The molecule has 0 radical (unpaired) electrons. The number of hydrogen-bond donors (Lipinski definition) is 2. The molecule has 2 aliphatic heterocycles. The summed E-state index contributed by atoms with van der Waals surface area (Å²) in [5.41, 5.74) is 1.96. The molecule has 2 saturated heterocycles. The molecule has 4 heterocycles. The summed E-state index contributed by atoms with van der Waals surface area (Å²) in [7, 11) is 0. The summed E-state index contributed by atoms with van der Waals surface area (Å²) < 4.78 is 1.93. The van der Waals surface area contributed by atoms with E-state index in [9.17, 15) is 9.90 Å². The van der Waals surface area contributed by atoms with Gasteiger partial charge in [0, 0.05) is 61.8 Å². The number of nitrogens with zero attached hydrogens (tertiary/aromatic N) is 5. The van der Waals surface area contributed by atoms with Crippen LogP contribution in [0.2, 0.25) is 0 Å². The summed E-state index contributed by atoms with van der Waals surface area (Å²) in [6, 6.07) is 7.15. The van der Waals surface area contributed by atoms with Crippen molar-refractivity contribution in [3.8, 4) is 0 Å². The maximum Gasteiger partial charge on any atom is 0.260 e. The summed E-state index contributed by atoms with van der Waals surface area (Å²) in [4.78, 5) is 28.8. The monoisotopic (exact) mass is 502 g/mol. The molecule has 2 aromatic heterocycles. The molecular weight excluding hydrogens is 464 g/mol. The van der Waals surface area contributed by atoms with Crippen molar-refractivity contribution in [1.82, 2.24) is 24.3 Å². The first kappa shape index (κ1) is 23.6. The second-order valence-electron chi connectivity index (χ2n) is 11.8. The van der Waals surface area contributed by atoms with Crippen molar-refractivity contribution < 1.29 is 5.11 Å². The van der Waals surface area contributed by atoms with E-state index in [2.05, 4.69) is 38.3 Å². The first-order chi connectivity index (χ1) is 18.1. The Hall–Kier alpha value is -2.55. The van der Waals surface area contributed by atoms with Crippen molar-refractivity contribution in [2.75, 3.05) is 38.0 Å². The van der Waals surface area contributed by atoms with Crippen LogP contribution in [0.3, 0.4) is 0 Å². The average molecular weight is 503 g/mol. The minimum Gasteiger partial charge on any atom is -0.393 e. The van der Waals surface area contributed by atoms with E-state index in [-0.39, 0.29) is 17.7 Å². The number of fused-ring (bicyclic) bond motifs is 4. The van der Waals surface area contributed by atoms with E-state index in [4.69, 9.17) is 4.98 Å². The van der Waals surface area contributed by atoms with Crippen molar-refractivity contribution in [3.05, 3.63) is 40.3 Å². The molecule has 1 aromatic carbocycles. The maximum atomic E-state index is 14.1. The number of nitrogens with one attached hydrogen (secondary N) is 1. The first-order valence-electron chi connectivity index (χ1n) is 14.3. The molecule has 37 heavy (non-hydrogen) atoms. The number of piperazine rings is 1. The summed E-state index contributed by atoms with van der Waals surface area (Å²) >= 11 is 0. The third-order valence-electron chi connectivity index (χ3n) is 9.17. The lowest BCUT2D eigenvalue weighted by Gasteiger charge is -2.37. The second kappa shape index (κ2) is 9.64. The number of hydrogen-bond acceptors (Lipinski definition) is 7. The van der Waals surface area contributed by atoms with Crippen molar-refractivity contribution >= 4 is 27.8 Å². The lowest BCUT2D eigenvalue weighted by Crippen LogP contribution is -2.49. The van der Waals surface area contributed by atoms with Gasteiger partial charge < -0.3 is 10.4 Å². The highest BCUT2D eigenvalue weighted by Gasteiger charge is 2.31. The fourth-order valence-electron chi connectivity index (χ4n) is 6.83. The highest BCUT2D eigenvalue weighted by Crippen LogP contribution is 2.33. The second-order valence-corrected chi connectivity index (χ2v) is 11.8. The van der Waals surface area contributed by atoms with Gasteiger partial charge in [0.25, 0.3) is 5.56 Å². The molecule has 8 heteroatoms. The Labute approximate surface area is 217 Å². The van der Waals surface area contributed by atoms with E-state index in [1.807, 2.05) is 10.8 Å². The zero-order valence-electron chi connectivity index (χ0n) is 21.6. The molecule has 0 bridgehead atoms. The summed E-state index contributed by atoms with van der Waals surface area (Å²) in [6.07, 6.45) is 9.81. The van der Waals surface area contributed by atoms with Crippen molar-refractivity contribution in [2.45, 2.75) is 76.1 Å². The number of anilines is 1. The fourth-order valence-corrected chi connectivity index (χ4v) is 6.83. The van der Waals surface area contributed by atoms with Gasteiger partial charge in [-0.25, -0.2) is 4.98 Å². The first-order valence-corrected chi connectivity index (χ1v) is 14.3. The topological polar surface area (TPSA) is 86.5 Å². The molecule has 0 spiro atoms. The van der Waals surface area contributed by atoms with Crippen LogP contribution in [-0.2, 0) is 6.54 Å². The lowest BCUT2D eigenvalue weighted by molar-refractivity contribution is 0.0994. The molecule has 0 amide bonds. The molecule has 2 aliphatic carbocycles. The Morgan fingerprint density at radius 2 is 1.81 bits per heavy atom. The van der Waals surface area contributed by atoms with Crippen molar-refractivity contribution in [2.24, 2.45) is 5.92 Å². The van der Waals surface area contributed by atoms with Gasteiger partial charge in [0.15, 0.2) is 0 Å². The number of benzene rings is 1. The molecule has 1 unspecified atom stereocenters. The van der Waals surface area contributed by atoms with Crippen molar-refractivity contribution in [1.29, 1.82) is 0 Å². The molecule has 7 rings (SSSR count). The van der Waals surface area contributed by atoms with Crippen LogP contribution in [0, 0.1) is 5.92 Å². The third kappa shape index (κ3) is 4.64. The van der Waals surface area contributed by atoms with E-state index in [1.165, 1.54) is 37.8 Å². The molecule has 3 aromatic rings. The standard InChI is InChI=1S/C29H38N6O2/c36-23-8-6-21(7-9-23)35-27-26(16-31-29(32-27)30-15-19-3-4-19)24-10-5-20(14-25(24)28(35)37)17-33-12-13-34-11-1-2-22(34)18-33/h5,10,14,16,19,21-23,36H,1-4,6-9,11-13,15,17-18H2,(H,30,31,32). The number of aliphatic hydroxyl groups excluding tert-OH is 1. The van der Waals surface area contributed by atoms with Crippen LogP contribution < -0.4 is 10.9 Å². The fraction of sp³-hybridized carbons (Fsp3) is 0.621. The van der Waals surface area contributed by atoms with Gasteiger partial charge in [0.05, 0.1) is 6.10 Å². The Kier molecular flexibility index (Phi) is 6.14. The average Bonchev–Trinajstić information content (AvgIpc) is 3.63. The molecular formula is C29H38N6O2. The van der Waals surface area contributed by atoms with Crippen LogP contribution in [0.5, 0.6) is 0 Å². The van der Waals surface area contributed by atoms with Gasteiger partial charge in [0.2, 0.25) is 5.95 Å². The van der Waals surface area contributed by atoms with Crippen LogP contribution >= 0.6 is 0 Å². The van der Waals surface area contributed by atoms with Crippen molar-refractivity contribution in [3.63, 3.8) is 0 Å². The highest BCUT2D eigenvalue weighted by atomic mass is 16.3. The molecule has 1 atom stereocenters. The number of pyridine rings is 1. The van der Waals surface area contributed by atoms with Gasteiger partial charge in [-0.2, -0.15) is 4.98 Å².